The van der Waals surface area contributed by atoms with Gasteiger partial charge in [-0.3, -0.25) is 9.59 Å². The van der Waals surface area contributed by atoms with Crippen molar-refractivity contribution in [1.82, 2.24) is 9.47 Å². The maximum Gasteiger partial charge on any atom is 0.251 e. The van der Waals surface area contributed by atoms with E-state index in [2.05, 4.69) is 20.3 Å². The molecule has 0 unspecified atom stereocenters. The molecule has 3 heterocycles. The third kappa shape index (κ3) is 5.32. The Labute approximate surface area is 194 Å². The first-order valence-electron chi connectivity index (χ1n) is 11.0. The summed E-state index contributed by atoms with van der Waals surface area (Å²) in [7, 11) is 0. The molecule has 3 aliphatic rings. The number of benzene rings is 1. The number of carbonyl (C=O) groups is 1. The highest BCUT2D eigenvalue weighted by Crippen LogP contribution is 2.21. The largest absolute Gasteiger partial charge is 0.366 e. The first-order chi connectivity index (χ1) is 16.3. The predicted molar refractivity (Wildman–Crippen MR) is 124 cm³/mol. The molecule has 9 nitrogen and oxygen atoms in total. The maximum absolute atomic E-state index is 13.8. The van der Waals surface area contributed by atoms with Crippen LogP contribution in [-0.4, -0.2) is 46.8 Å². The normalized spacial score (nSPS) is 18.0. The average Bonchev–Trinajstić information content (AvgIpc) is 3.28. The maximum atomic E-state index is 13.8. The van der Waals surface area contributed by atoms with Gasteiger partial charge >= 0.3 is 0 Å². The van der Waals surface area contributed by atoms with Gasteiger partial charge in [0.25, 0.3) is 5.56 Å². The lowest BCUT2D eigenvalue weighted by Gasteiger charge is -2.30. The molecule has 0 saturated carbocycles. The van der Waals surface area contributed by atoms with Gasteiger partial charge in [0.05, 0.1) is 11.2 Å². The molecule has 0 bridgehead atoms. The second-order valence-corrected chi connectivity index (χ2v) is 8.34. The van der Waals surface area contributed by atoms with Crippen molar-refractivity contribution < 1.29 is 13.6 Å². The number of likely N-dealkylation sites (tertiary alicyclic amines) is 1. The van der Waals surface area contributed by atoms with Gasteiger partial charge in [0.1, 0.15) is 17.3 Å². The zero-order valence-corrected chi connectivity index (χ0v) is 18.5. The summed E-state index contributed by atoms with van der Waals surface area (Å²) in [5, 5.41) is 11.2. The number of piperidine rings is 1. The number of nitrogens with two attached hydrogens (primary N) is 2. The minimum Gasteiger partial charge on any atom is -0.366 e. The van der Waals surface area contributed by atoms with Crippen molar-refractivity contribution in [3.05, 3.63) is 69.7 Å². The zero-order valence-electron chi connectivity index (χ0n) is 18.5. The number of pyridine rings is 1. The van der Waals surface area contributed by atoms with Crippen molar-refractivity contribution in [3.8, 4) is 0 Å². The third-order valence-electron chi connectivity index (χ3n) is 6.02. The number of allylic oxidation sites excluding steroid dienone is 3. The van der Waals surface area contributed by atoms with Gasteiger partial charge in [0.15, 0.2) is 0 Å². The minimum atomic E-state index is -0.673. The van der Waals surface area contributed by atoms with E-state index in [9.17, 15) is 18.4 Å². The first-order valence-corrected chi connectivity index (χ1v) is 11.0. The van der Waals surface area contributed by atoms with E-state index in [1.54, 1.807) is 12.2 Å². The van der Waals surface area contributed by atoms with Crippen molar-refractivity contribution in [1.29, 1.82) is 0 Å². The summed E-state index contributed by atoms with van der Waals surface area (Å²) in [6.07, 6.45) is 5.66. The molecule has 34 heavy (non-hydrogen) atoms. The first kappa shape index (κ1) is 23.6. The second-order valence-electron chi connectivity index (χ2n) is 8.34. The van der Waals surface area contributed by atoms with Gasteiger partial charge < -0.3 is 20.9 Å². The monoisotopic (exact) mass is 469 g/mol. The van der Waals surface area contributed by atoms with E-state index in [0.29, 0.717) is 36.3 Å². The van der Waals surface area contributed by atoms with Gasteiger partial charge in [-0.15, -0.1) is 10.2 Å². The van der Waals surface area contributed by atoms with E-state index < -0.39 is 17.5 Å². The van der Waals surface area contributed by atoms with Gasteiger partial charge in [-0.05, 0) is 49.4 Å². The van der Waals surface area contributed by atoms with Crippen LogP contribution in [-0.2, 0) is 11.3 Å². The SMILES string of the molecule is NC(=O)C1=CC=C2N=NN=C2C1.NC1CCN(CCn2c(=O)ccc3c(F)cc(F)cc32)CC1. The molecule has 0 atom stereocenters. The van der Waals surface area contributed by atoms with E-state index in [-0.39, 0.29) is 17.0 Å². The summed E-state index contributed by atoms with van der Waals surface area (Å²) in [5.74, 6) is -1.74. The Balaban J connectivity index is 0.000000192. The quantitative estimate of drug-likeness (QED) is 0.711. The molecule has 1 aromatic carbocycles. The number of amides is 1. The second kappa shape index (κ2) is 10.1. The van der Waals surface area contributed by atoms with E-state index >= 15 is 0 Å². The molecule has 1 fully saturated rings. The third-order valence-corrected chi connectivity index (χ3v) is 6.02. The van der Waals surface area contributed by atoms with E-state index in [0.717, 1.165) is 37.7 Å². The summed E-state index contributed by atoms with van der Waals surface area (Å²) in [5.41, 5.74) is 13.0. The molecule has 1 amide bonds. The van der Waals surface area contributed by atoms with Gasteiger partial charge in [0.2, 0.25) is 5.91 Å². The van der Waals surface area contributed by atoms with Crippen LogP contribution in [0, 0.1) is 11.6 Å². The summed E-state index contributed by atoms with van der Waals surface area (Å²) in [4.78, 5) is 25.0. The molecule has 178 valence electrons. The zero-order chi connectivity index (χ0) is 24.2. The molecule has 11 heteroatoms. The number of primary amides is 1. The lowest BCUT2D eigenvalue weighted by atomic mass is 10.0. The van der Waals surface area contributed by atoms with Crippen LogP contribution in [0.4, 0.5) is 8.78 Å². The van der Waals surface area contributed by atoms with Crippen molar-refractivity contribution >= 4 is 22.5 Å². The lowest BCUT2D eigenvalue weighted by molar-refractivity contribution is -0.114. The van der Waals surface area contributed by atoms with Crippen LogP contribution < -0.4 is 17.0 Å². The molecular weight excluding hydrogens is 444 g/mol. The van der Waals surface area contributed by atoms with Crippen LogP contribution >= 0.6 is 0 Å². The molecule has 5 rings (SSSR count). The highest BCUT2D eigenvalue weighted by Gasteiger charge is 2.20. The fraction of sp³-hybridized carbons (Fsp3) is 0.348. The van der Waals surface area contributed by atoms with Crippen molar-refractivity contribution in [3.63, 3.8) is 0 Å². The smallest absolute Gasteiger partial charge is 0.251 e. The Morgan fingerprint density at radius 1 is 1.12 bits per heavy atom. The summed E-state index contributed by atoms with van der Waals surface area (Å²) < 4.78 is 28.7. The number of aromatic nitrogens is 1. The number of nitrogens with zero attached hydrogens (tertiary/aromatic N) is 5. The molecule has 2 aliphatic heterocycles. The van der Waals surface area contributed by atoms with Crippen LogP contribution in [0.15, 0.2) is 67.9 Å². The minimum absolute atomic E-state index is 0.244. The van der Waals surface area contributed by atoms with E-state index in [4.69, 9.17) is 11.5 Å². The van der Waals surface area contributed by atoms with Gasteiger partial charge in [-0.1, -0.05) is 6.08 Å². The molecule has 1 aliphatic carbocycles. The molecule has 4 N–H and O–H groups in total. The van der Waals surface area contributed by atoms with Gasteiger partial charge in [-0.2, -0.15) is 0 Å². The molecule has 1 aromatic heterocycles. The van der Waals surface area contributed by atoms with Crippen LogP contribution in [0.1, 0.15) is 19.3 Å². The van der Waals surface area contributed by atoms with Crippen molar-refractivity contribution in [2.75, 3.05) is 19.6 Å². The number of rotatable bonds is 4. The Morgan fingerprint density at radius 3 is 2.62 bits per heavy atom. The number of hydrogen-bond acceptors (Lipinski definition) is 7. The Morgan fingerprint density at radius 2 is 1.88 bits per heavy atom. The van der Waals surface area contributed by atoms with Crippen LogP contribution in [0.5, 0.6) is 0 Å². The highest BCUT2D eigenvalue weighted by molar-refractivity contribution is 6.09. The molecular formula is C23H25F2N7O2. The Kier molecular flexibility index (Phi) is 7.03. The summed E-state index contributed by atoms with van der Waals surface area (Å²) >= 11 is 0. The highest BCUT2D eigenvalue weighted by atomic mass is 19.1. The standard InChI is InChI=1S/C16H19F2N3O.C7H6N4O/c17-11-9-14(18)13-1-2-16(22)21(15(13)10-11)8-7-20-5-3-12(19)4-6-20;8-7(12)4-1-2-5-6(3-4)10-11-9-5/h1-2,9-10,12H,3-8,19H2;1-2H,3H2,(H2,8,12). The van der Waals surface area contributed by atoms with E-state index in [1.165, 1.54) is 22.8 Å². The molecule has 1 saturated heterocycles. The van der Waals surface area contributed by atoms with Crippen molar-refractivity contribution in [2.24, 2.45) is 26.9 Å². The molecule has 0 radical (unpaired) electrons. The number of hydrogen-bond donors (Lipinski definition) is 2. The Bertz CT molecular complexity index is 1290. The number of carbonyl (C=O) groups excluding carboxylic acids is 1. The van der Waals surface area contributed by atoms with Gasteiger partial charge in [0, 0.05) is 48.6 Å². The fourth-order valence-corrected chi connectivity index (χ4v) is 4.05. The van der Waals surface area contributed by atoms with Crippen LogP contribution in [0.2, 0.25) is 0 Å². The average molecular weight is 469 g/mol. The van der Waals surface area contributed by atoms with Crippen LogP contribution in [0.3, 0.4) is 0 Å². The predicted octanol–water partition coefficient (Wildman–Crippen LogP) is 2.21. The van der Waals surface area contributed by atoms with Crippen molar-refractivity contribution in [2.45, 2.75) is 31.8 Å². The summed E-state index contributed by atoms with van der Waals surface area (Å²) in [6.45, 7) is 2.87. The molecule has 0 spiro atoms. The fourth-order valence-electron chi connectivity index (χ4n) is 4.05. The molecule has 2 aromatic rings. The number of halogens is 2. The number of fused-ring (bicyclic) bond motifs is 2. The lowest BCUT2D eigenvalue weighted by Crippen LogP contribution is -2.41. The van der Waals surface area contributed by atoms with E-state index in [1.807, 2.05) is 0 Å². The topological polar surface area (TPSA) is 131 Å². The summed E-state index contributed by atoms with van der Waals surface area (Å²) in [6, 6.07) is 5.03. The van der Waals surface area contributed by atoms with Gasteiger partial charge in [-0.25, -0.2) is 8.78 Å². The Hall–Kier alpha value is -3.57. The van der Waals surface area contributed by atoms with Crippen LogP contribution in [0.25, 0.3) is 10.9 Å².